The topological polar surface area (TPSA) is 131 Å². The number of amides is 1. The first-order chi connectivity index (χ1) is 9.93. The van der Waals surface area contributed by atoms with Gasteiger partial charge in [-0.3, -0.25) is 20.3 Å². The third-order valence-electron chi connectivity index (χ3n) is 3.38. The molecule has 0 unspecified atom stereocenters. The van der Waals surface area contributed by atoms with E-state index in [0.717, 1.165) is 0 Å². The third kappa shape index (κ3) is 2.99. The second-order valence-corrected chi connectivity index (χ2v) is 4.70. The van der Waals surface area contributed by atoms with Crippen molar-refractivity contribution in [2.75, 3.05) is 36.5 Å². The summed E-state index contributed by atoms with van der Waals surface area (Å²) in [5.74, 6) is 5.63. The first-order valence-corrected chi connectivity index (χ1v) is 6.44. The summed E-state index contributed by atoms with van der Waals surface area (Å²) in [6.45, 7) is 4.99. The van der Waals surface area contributed by atoms with Gasteiger partial charge in [0.05, 0.1) is 4.92 Å². The van der Waals surface area contributed by atoms with Gasteiger partial charge in [-0.1, -0.05) is 0 Å². The highest BCUT2D eigenvalue weighted by Gasteiger charge is 2.29. The van der Waals surface area contributed by atoms with Crippen LogP contribution < -0.4 is 16.2 Å². The minimum atomic E-state index is -0.498. The quantitative estimate of drug-likeness (QED) is 0.439. The van der Waals surface area contributed by atoms with Gasteiger partial charge in [0.25, 0.3) is 0 Å². The van der Waals surface area contributed by atoms with E-state index in [1.165, 1.54) is 13.8 Å². The molecule has 0 bridgehead atoms. The first-order valence-electron chi connectivity index (χ1n) is 6.44. The second-order valence-electron chi connectivity index (χ2n) is 4.70. The number of carbonyl (C=O) groups excluding carboxylic acids is 1. The summed E-state index contributed by atoms with van der Waals surface area (Å²) < 4.78 is 0. The Labute approximate surface area is 121 Å². The average Bonchev–Trinajstić information content (AvgIpc) is 2.45. The molecule has 1 amide bonds. The van der Waals surface area contributed by atoms with E-state index in [2.05, 4.69) is 15.4 Å². The highest BCUT2D eigenvalue weighted by atomic mass is 16.6. The number of hydrazine groups is 1. The van der Waals surface area contributed by atoms with E-state index in [1.807, 2.05) is 0 Å². The SMILES string of the molecule is CC(=O)N1CCN(c2nc(NN)nc(C)c2[N+](=O)[O-])CC1. The van der Waals surface area contributed by atoms with E-state index >= 15 is 0 Å². The maximum atomic E-state index is 11.3. The van der Waals surface area contributed by atoms with Crippen molar-refractivity contribution in [2.45, 2.75) is 13.8 Å². The molecular formula is C11H17N7O3. The van der Waals surface area contributed by atoms with Crippen LogP contribution in [0.15, 0.2) is 0 Å². The van der Waals surface area contributed by atoms with Gasteiger partial charge in [0, 0.05) is 33.1 Å². The number of piperazine rings is 1. The van der Waals surface area contributed by atoms with Gasteiger partial charge in [0.1, 0.15) is 5.69 Å². The summed E-state index contributed by atoms with van der Waals surface area (Å²) in [6.07, 6.45) is 0. The molecule has 0 aliphatic carbocycles. The van der Waals surface area contributed by atoms with Gasteiger partial charge in [-0.15, -0.1) is 0 Å². The number of hydrogen-bond acceptors (Lipinski definition) is 8. The van der Waals surface area contributed by atoms with Crippen molar-refractivity contribution in [3.8, 4) is 0 Å². The number of carbonyl (C=O) groups is 1. The molecule has 1 aromatic heterocycles. The minimum Gasteiger partial charge on any atom is -0.347 e. The van der Waals surface area contributed by atoms with E-state index in [1.54, 1.807) is 9.80 Å². The third-order valence-corrected chi connectivity index (χ3v) is 3.38. The van der Waals surface area contributed by atoms with E-state index in [0.29, 0.717) is 26.2 Å². The van der Waals surface area contributed by atoms with Gasteiger partial charge in [-0.25, -0.2) is 10.8 Å². The Morgan fingerprint density at radius 3 is 2.43 bits per heavy atom. The van der Waals surface area contributed by atoms with Gasteiger partial charge in [0.15, 0.2) is 0 Å². The van der Waals surface area contributed by atoms with Crippen LogP contribution in [-0.2, 0) is 4.79 Å². The summed E-state index contributed by atoms with van der Waals surface area (Å²) in [6, 6.07) is 0. The van der Waals surface area contributed by atoms with Gasteiger partial charge in [-0.05, 0) is 6.92 Å². The zero-order valence-electron chi connectivity index (χ0n) is 11.9. The second kappa shape index (κ2) is 5.87. The molecule has 0 spiro atoms. The van der Waals surface area contributed by atoms with Crippen LogP contribution in [0.25, 0.3) is 0 Å². The number of nitrogens with zero attached hydrogens (tertiary/aromatic N) is 5. The molecule has 0 atom stereocenters. The molecule has 10 nitrogen and oxygen atoms in total. The highest BCUT2D eigenvalue weighted by Crippen LogP contribution is 2.30. The number of nitrogen functional groups attached to an aromatic ring is 1. The van der Waals surface area contributed by atoms with E-state index in [4.69, 9.17) is 5.84 Å². The Balaban J connectivity index is 2.32. The van der Waals surface area contributed by atoms with E-state index < -0.39 is 4.92 Å². The number of nitro groups is 1. The average molecular weight is 295 g/mol. The van der Waals surface area contributed by atoms with Crippen LogP contribution in [0.5, 0.6) is 0 Å². The van der Waals surface area contributed by atoms with Crippen LogP contribution in [0.1, 0.15) is 12.6 Å². The first kappa shape index (κ1) is 14.9. The normalized spacial score (nSPS) is 15.0. The van der Waals surface area contributed by atoms with Gasteiger partial charge < -0.3 is 9.80 Å². The molecule has 0 radical (unpaired) electrons. The Hall–Kier alpha value is -2.49. The van der Waals surface area contributed by atoms with E-state index in [-0.39, 0.29) is 29.1 Å². The van der Waals surface area contributed by atoms with Crippen molar-refractivity contribution in [1.29, 1.82) is 0 Å². The van der Waals surface area contributed by atoms with Crippen LogP contribution in [-0.4, -0.2) is 51.9 Å². The lowest BCUT2D eigenvalue weighted by molar-refractivity contribution is -0.385. The van der Waals surface area contributed by atoms with Gasteiger partial charge in [-0.2, -0.15) is 4.98 Å². The van der Waals surface area contributed by atoms with Gasteiger partial charge >= 0.3 is 5.69 Å². The molecule has 1 saturated heterocycles. The molecular weight excluding hydrogens is 278 g/mol. The lowest BCUT2D eigenvalue weighted by Crippen LogP contribution is -2.48. The van der Waals surface area contributed by atoms with Crippen molar-refractivity contribution in [3.63, 3.8) is 0 Å². The molecule has 10 heteroatoms. The Morgan fingerprint density at radius 1 is 1.33 bits per heavy atom. The Bertz CT molecular complexity index is 569. The van der Waals surface area contributed by atoms with Gasteiger partial charge in [0.2, 0.25) is 17.7 Å². The van der Waals surface area contributed by atoms with Crippen LogP contribution in [0.4, 0.5) is 17.5 Å². The number of nitrogens with one attached hydrogen (secondary N) is 1. The maximum Gasteiger partial charge on any atom is 0.332 e. The Kier molecular flexibility index (Phi) is 4.17. The number of rotatable bonds is 3. The van der Waals surface area contributed by atoms with Crippen molar-refractivity contribution >= 4 is 23.4 Å². The van der Waals surface area contributed by atoms with Crippen molar-refractivity contribution in [2.24, 2.45) is 5.84 Å². The Morgan fingerprint density at radius 2 is 1.95 bits per heavy atom. The fourth-order valence-corrected chi connectivity index (χ4v) is 2.28. The number of anilines is 2. The van der Waals surface area contributed by atoms with Crippen molar-refractivity contribution in [3.05, 3.63) is 15.8 Å². The lowest BCUT2D eigenvalue weighted by atomic mass is 10.2. The fraction of sp³-hybridized carbons (Fsp3) is 0.545. The molecule has 1 fully saturated rings. The summed E-state index contributed by atoms with van der Waals surface area (Å²) in [7, 11) is 0. The van der Waals surface area contributed by atoms with Crippen LogP contribution in [0.2, 0.25) is 0 Å². The van der Waals surface area contributed by atoms with Crippen LogP contribution >= 0.6 is 0 Å². The summed E-state index contributed by atoms with van der Waals surface area (Å²) in [5.41, 5.74) is 2.41. The van der Waals surface area contributed by atoms with Crippen molar-refractivity contribution in [1.82, 2.24) is 14.9 Å². The minimum absolute atomic E-state index is 0.00710. The molecule has 1 aromatic rings. The number of aromatic nitrogens is 2. The van der Waals surface area contributed by atoms with Crippen molar-refractivity contribution < 1.29 is 9.72 Å². The maximum absolute atomic E-state index is 11.3. The number of aryl methyl sites for hydroxylation is 1. The molecule has 2 heterocycles. The highest BCUT2D eigenvalue weighted by molar-refractivity contribution is 5.73. The van der Waals surface area contributed by atoms with Crippen LogP contribution in [0.3, 0.4) is 0 Å². The number of nitrogens with two attached hydrogens (primary N) is 1. The predicted octanol–water partition coefficient (Wildman–Crippen LogP) is -0.353. The summed E-state index contributed by atoms with van der Waals surface area (Å²) in [4.78, 5) is 33.6. The fourth-order valence-electron chi connectivity index (χ4n) is 2.28. The largest absolute Gasteiger partial charge is 0.347 e. The monoisotopic (exact) mass is 295 g/mol. The van der Waals surface area contributed by atoms with E-state index in [9.17, 15) is 14.9 Å². The molecule has 0 aromatic carbocycles. The molecule has 3 N–H and O–H groups in total. The molecule has 0 saturated carbocycles. The smallest absolute Gasteiger partial charge is 0.332 e. The molecule has 1 aliphatic heterocycles. The number of hydrogen-bond donors (Lipinski definition) is 2. The lowest BCUT2D eigenvalue weighted by Gasteiger charge is -2.34. The standard InChI is InChI=1S/C11H17N7O3/c1-7-9(18(20)21)10(14-11(13-7)15-12)17-5-3-16(4-6-17)8(2)19/h3-6,12H2,1-2H3,(H,13,14,15). The zero-order valence-corrected chi connectivity index (χ0v) is 11.9. The molecule has 1 aliphatic rings. The summed E-state index contributed by atoms with van der Waals surface area (Å²) in [5, 5.41) is 11.2. The zero-order chi connectivity index (χ0) is 15.6. The molecule has 114 valence electrons. The molecule has 21 heavy (non-hydrogen) atoms. The summed E-state index contributed by atoms with van der Waals surface area (Å²) >= 11 is 0. The van der Waals surface area contributed by atoms with Crippen LogP contribution in [0, 0.1) is 17.0 Å². The molecule has 2 rings (SSSR count). The predicted molar refractivity (Wildman–Crippen MR) is 75.7 cm³/mol.